The van der Waals surface area contributed by atoms with Crippen LogP contribution in [0.4, 0.5) is 14.5 Å². The van der Waals surface area contributed by atoms with E-state index < -0.39 is 23.3 Å². The molecule has 0 fully saturated rings. The van der Waals surface area contributed by atoms with Gasteiger partial charge in [-0.3, -0.25) is 9.79 Å². The first kappa shape index (κ1) is 10.4. The van der Waals surface area contributed by atoms with Crippen LogP contribution in [0.2, 0.25) is 0 Å². The van der Waals surface area contributed by atoms with E-state index in [1.54, 1.807) is 6.92 Å². The van der Waals surface area contributed by atoms with Gasteiger partial charge in [-0.05, 0) is 22.0 Å². The van der Waals surface area contributed by atoms with Gasteiger partial charge in [-0.25, -0.2) is 8.78 Å². The summed E-state index contributed by atoms with van der Waals surface area (Å²) in [5.74, 6) is -2.40. The molecule has 1 heterocycles. The fraction of sp³-hybridized carbons (Fsp3) is 0.200. The van der Waals surface area contributed by atoms with E-state index in [1.807, 2.05) is 0 Å². The number of nitrogens with zero attached hydrogens (tertiary/aromatic N) is 1. The first-order chi connectivity index (χ1) is 7.02. The van der Waals surface area contributed by atoms with Crippen LogP contribution in [0.1, 0.15) is 17.3 Å². The summed E-state index contributed by atoms with van der Waals surface area (Å²) >= 11 is 2.86. The lowest BCUT2D eigenvalue weighted by molar-refractivity contribution is 0.0957. The molecule has 0 bridgehead atoms. The standard InChI is InChI=1S/C10H6BrF2NO/c1-4-3-14-9-7(10(4)15)6(12)2-5(11)8(9)13/h2-4H,1H3. The molecule has 1 aromatic rings. The molecule has 0 aliphatic carbocycles. The van der Waals surface area contributed by atoms with E-state index in [-0.39, 0.29) is 15.7 Å². The summed E-state index contributed by atoms with van der Waals surface area (Å²) in [7, 11) is 0. The molecule has 1 aliphatic heterocycles. The number of fused-ring (bicyclic) bond motifs is 1. The summed E-state index contributed by atoms with van der Waals surface area (Å²) < 4.78 is 26.9. The number of benzene rings is 1. The topological polar surface area (TPSA) is 29.4 Å². The monoisotopic (exact) mass is 273 g/mol. The summed E-state index contributed by atoms with van der Waals surface area (Å²) in [4.78, 5) is 15.3. The molecule has 2 rings (SSSR count). The van der Waals surface area contributed by atoms with Gasteiger partial charge in [0.25, 0.3) is 0 Å². The number of hydrogen-bond donors (Lipinski definition) is 0. The maximum atomic E-state index is 13.5. The van der Waals surface area contributed by atoms with Gasteiger partial charge in [0.15, 0.2) is 11.6 Å². The number of aliphatic imine (C=N–C) groups is 1. The minimum atomic E-state index is -0.744. The summed E-state index contributed by atoms with van der Waals surface area (Å²) in [6, 6.07) is 0.944. The number of ketones is 1. The molecule has 15 heavy (non-hydrogen) atoms. The first-order valence-corrected chi connectivity index (χ1v) is 5.07. The lowest BCUT2D eigenvalue weighted by atomic mass is 9.95. The molecule has 0 saturated carbocycles. The van der Waals surface area contributed by atoms with Crippen molar-refractivity contribution in [1.82, 2.24) is 0 Å². The molecule has 1 unspecified atom stereocenters. The fourth-order valence-electron chi connectivity index (χ4n) is 1.42. The highest BCUT2D eigenvalue weighted by Gasteiger charge is 2.28. The van der Waals surface area contributed by atoms with Crippen molar-refractivity contribution in [2.45, 2.75) is 6.92 Å². The lowest BCUT2D eigenvalue weighted by Crippen LogP contribution is -2.18. The van der Waals surface area contributed by atoms with Gasteiger partial charge in [-0.2, -0.15) is 0 Å². The smallest absolute Gasteiger partial charge is 0.176 e. The Hall–Kier alpha value is -1.10. The van der Waals surface area contributed by atoms with Gasteiger partial charge in [0.1, 0.15) is 11.5 Å². The molecule has 0 radical (unpaired) electrons. The average Bonchev–Trinajstić information content (AvgIpc) is 2.18. The number of carbonyl (C=O) groups is 1. The van der Waals surface area contributed by atoms with Crippen LogP contribution in [-0.4, -0.2) is 12.0 Å². The third kappa shape index (κ3) is 1.51. The van der Waals surface area contributed by atoms with Crippen LogP contribution in [0, 0.1) is 17.6 Å². The third-order valence-corrected chi connectivity index (χ3v) is 2.81. The van der Waals surface area contributed by atoms with E-state index in [0.717, 1.165) is 6.07 Å². The largest absolute Gasteiger partial charge is 0.293 e. The van der Waals surface area contributed by atoms with Crippen LogP contribution >= 0.6 is 15.9 Å². The Morgan fingerprint density at radius 3 is 2.80 bits per heavy atom. The minimum Gasteiger partial charge on any atom is -0.293 e. The maximum absolute atomic E-state index is 13.5. The number of hydrogen-bond acceptors (Lipinski definition) is 2. The number of Topliss-reactive ketones (excluding diaryl/α,β-unsaturated/α-hetero) is 1. The second-order valence-corrected chi connectivity index (χ2v) is 4.16. The normalized spacial score (nSPS) is 19.2. The van der Waals surface area contributed by atoms with Gasteiger partial charge >= 0.3 is 0 Å². The van der Waals surface area contributed by atoms with Crippen molar-refractivity contribution in [2.75, 3.05) is 0 Å². The molecule has 0 saturated heterocycles. The van der Waals surface area contributed by atoms with Crippen molar-refractivity contribution >= 4 is 33.6 Å². The Balaban J connectivity index is 2.77. The fourth-order valence-corrected chi connectivity index (χ4v) is 1.81. The Bertz CT molecular complexity index is 485. The highest BCUT2D eigenvalue weighted by atomic mass is 79.9. The van der Waals surface area contributed by atoms with Gasteiger partial charge in [0.2, 0.25) is 0 Å². The summed E-state index contributed by atoms with van der Waals surface area (Å²) in [5, 5.41) is 0. The molecular weight excluding hydrogens is 268 g/mol. The number of carbonyl (C=O) groups excluding carboxylic acids is 1. The Morgan fingerprint density at radius 2 is 2.13 bits per heavy atom. The highest BCUT2D eigenvalue weighted by Crippen LogP contribution is 2.35. The van der Waals surface area contributed by atoms with Crippen molar-refractivity contribution in [3.8, 4) is 0 Å². The minimum absolute atomic E-state index is 0.0294. The molecule has 1 atom stereocenters. The summed E-state index contributed by atoms with van der Waals surface area (Å²) in [6.45, 7) is 1.59. The van der Waals surface area contributed by atoms with Crippen molar-refractivity contribution in [1.29, 1.82) is 0 Å². The molecule has 2 nitrogen and oxygen atoms in total. The van der Waals surface area contributed by atoms with Crippen LogP contribution in [0.25, 0.3) is 0 Å². The van der Waals surface area contributed by atoms with Crippen LogP contribution in [0.5, 0.6) is 0 Å². The van der Waals surface area contributed by atoms with Crippen LogP contribution < -0.4 is 0 Å². The van der Waals surface area contributed by atoms with Crippen LogP contribution in [-0.2, 0) is 0 Å². The first-order valence-electron chi connectivity index (χ1n) is 4.28. The molecule has 0 amide bonds. The number of rotatable bonds is 0. The second kappa shape index (κ2) is 3.48. The Labute approximate surface area is 93.1 Å². The zero-order valence-electron chi connectivity index (χ0n) is 7.72. The quantitative estimate of drug-likeness (QED) is 0.667. The Morgan fingerprint density at radius 1 is 1.47 bits per heavy atom. The van der Waals surface area contributed by atoms with E-state index in [9.17, 15) is 13.6 Å². The van der Waals surface area contributed by atoms with E-state index in [4.69, 9.17) is 0 Å². The van der Waals surface area contributed by atoms with Crippen LogP contribution in [0.3, 0.4) is 0 Å². The molecular formula is C10H6BrF2NO. The molecule has 0 N–H and O–H groups in total. The van der Waals surface area contributed by atoms with E-state index in [1.165, 1.54) is 6.21 Å². The molecule has 1 aliphatic rings. The zero-order chi connectivity index (χ0) is 11.2. The SMILES string of the molecule is CC1C=Nc2c(F)c(Br)cc(F)c2C1=O. The zero-order valence-corrected chi connectivity index (χ0v) is 9.31. The van der Waals surface area contributed by atoms with Crippen molar-refractivity contribution < 1.29 is 13.6 Å². The van der Waals surface area contributed by atoms with E-state index in [0.29, 0.717) is 0 Å². The van der Waals surface area contributed by atoms with Gasteiger partial charge in [0.05, 0.1) is 16.0 Å². The predicted molar refractivity (Wildman–Crippen MR) is 55.7 cm³/mol. The van der Waals surface area contributed by atoms with Crippen molar-refractivity contribution in [2.24, 2.45) is 10.9 Å². The van der Waals surface area contributed by atoms with Gasteiger partial charge in [-0.15, -0.1) is 0 Å². The predicted octanol–water partition coefficient (Wildman–Crippen LogP) is 3.26. The molecule has 78 valence electrons. The highest BCUT2D eigenvalue weighted by molar-refractivity contribution is 9.10. The molecule has 0 aromatic heterocycles. The van der Waals surface area contributed by atoms with Gasteiger partial charge < -0.3 is 0 Å². The lowest BCUT2D eigenvalue weighted by Gasteiger charge is -2.15. The van der Waals surface area contributed by atoms with Crippen molar-refractivity contribution in [3.05, 3.63) is 27.7 Å². The second-order valence-electron chi connectivity index (χ2n) is 3.31. The van der Waals surface area contributed by atoms with E-state index in [2.05, 4.69) is 20.9 Å². The number of halogens is 3. The summed E-state index contributed by atoms with van der Waals surface area (Å²) in [6.07, 6.45) is 1.32. The van der Waals surface area contributed by atoms with Crippen LogP contribution in [0.15, 0.2) is 15.5 Å². The third-order valence-electron chi connectivity index (χ3n) is 2.23. The average molecular weight is 274 g/mol. The molecule has 5 heteroatoms. The van der Waals surface area contributed by atoms with E-state index >= 15 is 0 Å². The molecule has 1 aromatic carbocycles. The summed E-state index contributed by atoms with van der Waals surface area (Å²) in [5.41, 5.74) is -0.476. The van der Waals surface area contributed by atoms with Crippen molar-refractivity contribution in [3.63, 3.8) is 0 Å². The van der Waals surface area contributed by atoms with Gasteiger partial charge in [0, 0.05) is 6.21 Å². The Kier molecular flexibility index (Phi) is 2.42. The molecule has 0 spiro atoms. The maximum Gasteiger partial charge on any atom is 0.176 e. The van der Waals surface area contributed by atoms with Gasteiger partial charge in [-0.1, -0.05) is 6.92 Å².